The second-order valence-corrected chi connectivity index (χ2v) is 10.8. The highest BCUT2D eigenvalue weighted by Crippen LogP contribution is 2.42. The zero-order valence-corrected chi connectivity index (χ0v) is 25.0. The van der Waals surface area contributed by atoms with Crippen molar-refractivity contribution in [2.24, 2.45) is 0 Å². The van der Waals surface area contributed by atoms with Gasteiger partial charge in [0.2, 0.25) is 5.91 Å². The zero-order valence-electron chi connectivity index (χ0n) is 23.5. The van der Waals surface area contributed by atoms with Crippen molar-refractivity contribution in [2.45, 2.75) is 20.3 Å². The molecule has 5 rings (SSSR count). The minimum Gasteiger partial charge on any atom is -0.396 e. The lowest BCUT2D eigenvalue weighted by Crippen LogP contribution is -2.49. The van der Waals surface area contributed by atoms with E-state index in [1.807, 2.05) is 13.0 Å². The average molecular weight is 642 g/mol. The molecule has 0 radical (unpaired) electrons. The minimum atomic E-state index is -1.69. The first-order chi connectivity index (χ1) is 21.0. The number of carbonyl (C=O) groups is 1. The molecule has 0 saturated carbocycles. The van der Waals surface area contributed by atoms with Crippen LogP contribution in [0.5, 0.6) is 0 Å². The summed E-state index contributed by atoms with van der Waals surface area (Å²) >= 11 is 12.2. The number of fused-ring (bicyclic) bond motifs is 1. The molecule has 1 amide bonds. The molecule has 2 N–H and O–H groups in total. The second kappa shape index (κ2) is 11.8. The molecule has 4 aromatic rings. The highest BCUT2D eigenvalue weighted by Gasteiger charge is 2.31. The number of rotatable bonds is 5. The zero-order chi connectivity index (χ0) is 32.0. The Labute approximate surface area is 259 Å². The van der Waals surface area contributed by atoms with Gasteiger partial charge in [0.05, 0.1) is 39.0 Å². The minimum absolute atomic E-state index is 0.0895. The van der Waals surface area contributed by atoms with Crippen LogP contribution in [0, 0.1) is 35.7 Å². The van der Waals surface area contributed by atoms with Gasteiger partial charge in [-0.3, -0.25) is 19.1 Å². The number of carbonyl (C=O) groups excluding carboxylic acids is 1. The van der Waals surface area contributed by atoms with Crippen LogP contribution >= 0.6 is 23.2 Å². The van der Waals surface area contributed by atoms with E-state index in [0.717, 1.165) is 0 Å². The smallest absolute Gasteiger partial charge is 0.276 e. The first-order valence-corrected chi connectivity index (χ1v) is 14.1. The maximum Gasteiger partial charge on any atom is 0.276 e. The van der Waals surface area contributed by atoms with Crippen molar-refractivity contribution in [3.63, 3.8) is 0 Å². The topological polar surface area (TPSA) is 121 Å². The average Bonchev–Trinajstić information content (AvgIpc) is 3.03. The van der Waals surface area contributed by atoms with Crippen molar-refractivity contribution >= 4 is 51.5 Å². The monoisotopic (exact) mass is 641 g/mol. The van der Waals surface area contributed by atoms with Crippen LogP contribution in [0.4, 0.5) is 24.5 Å². The van der Waals surface area contributed by atoms with Gasteiger partial charge < -0.3 is 15.5 Å². The van der Waals surface area contributed by atoms with E-state index in [1.54, 1.807) is 29.0 Å². The SMILES string of the molecule is C=CC(=O)N1CCN(c2c(C#N)c(=O)n(-c3c(C)ccnc3CC)c3nc(-c4c(N)c(F)c(Cl)c(F)c4F)c(Cl)cc23)CC1. The van der Waals surface area contributed by atoms with E-state index in [0.29, 0.717) is 23.4 Å². The summed E-state index contributed by atoms with van der Waals surface area (Å²) in [4.78, 5) is 38.7. The van der Waals surface area contributed by atoms with Gasteiger partial charge in [-0.05, 0) is 37.1 Å². The molecule has 0 spiro atoms. The van der Waals surface area contributed by atoms with Gasteiger partial charge in [0.1, 0.15) is 22.3 Å². The molecule has 226 valence electrons. The van der Waals surface area contributed by atoms with Crippen LogP contribution in [-0.2, 0) is 11.2 Å². The predicted octanol–water partition coefficient (Wildman–Crippen LogP) is 5.33. The molecular weight excluding hydrogens is 618 g/mol. The number of halogens is 5. The van der Waals surface area contributed by atoms with Crippen LogP contribution in [0.3, 0.4) is 0 Å². The summed E-state index contributed by atoms with van der Waals surface area (Å²) in [6.45, 7) is 8.11. The van der Waals surface area contributed by atoms with Crippen LogP contribution in [0.2, 0.25) is 10.0 Å². The van der Waals surface area contributed by atoms with Crippen LogP contribution in [0.15, 0.2) is 35.8 Å². The standard InChI is InChI=1S/C30H24Cl2F3N7O2/c1-4-18-27(14(3)6-7-38-18)42-29-15(12-17(31)26(39-29)20-22(33)23(34)21(32)24(35)25(20)37)28(16(13-36)30(42)44)41-10-8-40(9-11-41)19(43)5-2/h5-7,12H,2,4,8-11,37H2,1,3H3. The molecule has 0 aliphatic carbocycles. The van der Waals surface area contributed by atoms with E-state index >= 15 is 4.39 Å². The number of nitriles is 1. The Morgan fingerprint density at radius 1 is 1.16 bits per heavy atom. The highest BCUT2D eigenvalue weighted by molar-refractivity contribution is 6.34. The number of pyridine rings is 3. The molecule has 9 nitrogen and oxygen atoms in total. The molecule has 1 saturated heterocycles. The second-order valence-electron chi connectivity index (χ2n) is 10.0. The highest BCUT2D eigenvalue weighted by atomic mass is 35.5. The molecule has 4 heterocycles. The fourth-order valence-corrected chi connectivity index (χ4v) is 5.84. The quantitative estimate of drug-likeness (QED) is 0.135. The third kappa shape index (κ3) is 4.82. The molecular formula is C30H24Cl2F3N7O2. The van der Waals surface area contributed by atoms with Gasteiger partial charge >= 0.3 is 0 Å². The lowest BCUT2D eigenvalue weighted by molar-refractivity contribution is -0.126. The van der Waals surface area contributed by atoms with E-state index in [1.165, 1.54) is 16.7 Å². The number of nitrogens with two attached hydrogens (primary N) is 1. The maximum atomic E-state index is 15.3. The lowest BCUT2D eigenvalue weighted by Gasteiger charge is -2.36. The van der Waals surface area contributed by atoms with E-state index in [-0.39, 0.29) is 59.4 Å². The number of hydrogen-bond acceptors (Lipinski definition) is 7. The number of nitrogen functional groups attached to an aromatic ring is 1. The summed E-state index contributed by atoms with van der Waals surface area (Å²) < 4.78 is 45.9. The third-order valence-corrected chi connectivity index (χ3v) is 8.19. The largest absolute Gasteiger partial charge is 0.396 e. The molecule has 44 heavy (non-hydrogen) atoms. The van der Waals surface area contributed by atoms with Gasteiger partial charge in [-0.1, -0.05) is 36.7 Å². The summed E-state index contributed by atoms with van der Waals surface area (Å²) in [5.74, 6) is -4.94. The Morgan fingerprint density at radius 3 is 2.45 bits per heavy atom. The van der Waals surface area contributed by atoms with Crippen molar-refractivity contribution in [1.82, 2.24) is 19.4 Å². The van der Waals surface area contributed by atoms with Crippen molar-refractivity contribution in [3.05, 3.63) is 85.7 Å². The summed E-state index contributed by atoms with van der Waals surface area (Å²) in [6.07, 6.45) is 3.16. The molecule has 0 unspecified atom stereocenters. The van der Waals surface area contributed by atoms with Crippen LogP contribution in [-0.4, -0.2) is 51.5 Å². The van der Waals surface area contributed by atoms with Crippen molar-refractivity contribution in [3.8, 4) is 23.0 Å². The fraction of sp³-hybridized carbons (Fsp3) is 0.233. The van der Waals surface area contributed by atoms with Crippen molar-refractivity contribution in [1.29, 1.82) is 5.26 Å². The Bertz CT molecular complexity index is 1950. The number of piperazine rings is 1. The van der Waals surface area contributed by atoms with E-state index in [4.69, 9.17) is 28.9 Å². The molecule has 1 fully saturated rings. The van der Waals surface area contributed by atoms with Crippen molar-refractivity contribution < 1.29 is 18.0 Å². The molecule has 3 aromatic heterocycles. The predicted molar refractivity (Wildman–Crippen MR) is 163 cm³/mol. The van der Waals surface area contributed by atoms with Gasteiger partial charge in [0.25, 0.3) is 5.56 Å². The van der Waals surface area contributed by atoms with E-state index in [9.17, 15) is 23.6 Å². The van der Waals surface area contributed by atoms with E-state index < -0.39 is 45.0 Å². The Balaban J connectivity index is 1.91. The van der Waals surface area contributed by atoms with Gasteiger partial charge in [0.15, 0.2) is 17.5 Å². The summed E-state index contributed by atoms with van der Waals surface area (Å²) in [7, 11) is 0. The molecule has 0 bridgehead atoms. The number of nitrogens with zero attached hydrogens (tertiary/aromatic N) is 6. The van der Waals surface area contributed by atoms with Crippen molar-refractivity contribution in [2.75, 3.05) is 36.8 Å². The summed E-state index contributed by atoms with van der Waals surface area (Å²) in [6, 6.07) is 5.02. The Hall–Kier alpha value is -4.60. The summed E-state index contributed by atoms with van der Waals surface area (Å²) in [5.41, 5.74) is 4.34. The maximum absolute atomic E-state index is 15.3. The van der Waals surface area contributed by atoms with Crippen LogP contribution in [0.25, 0.3) is 28.0 Å². The van der Waals surface area contributed by atoms with Gasteiger partial charge in [-0.2, -0.15) is 5.26 Å². The first-order valence-electron chi connectivity index (χ1n) is 13.4. The molecule has 1 aliphatic rings. The molecule has 1 aliphatic heterocycles. The summed E-state index contributed by atoms with van der Waals surface area (Å²) in [5, 5.41) is 9.12. The molecule has 14 heteroatoms. The third-order valence-electron chi connectivity index (χ3n) is 7.57. The number of aromatic nitrogens is 3. The number of hydrogen-bond donors (Lipinski definition) is 1. The normalized spacial score (nSPS) is 13.3. The Kier molecular flexibility index (Phi) is 8.29. The number of aryl methyl sites for hydroxylation is 2. The fourth-order valence-electron chi connectivity index (χ4n) is 5.41. The van der Waals surface area contributed by atoms with Crippen LogP contribution < -0.4 is 16.2 Å². The molecule has 0 atom stereocenters. The lowest BCUT2D eigenvalue weighted by atomic mass is 10.0. The van der Waals surface area contributed by atoms with Gasteiger partial charge in [-0.25, -0.2) is 18.2 Å². The Morgan fingerprint density at radius 2 is 1.84 bits per heavy atom. The number of amides is 1. The van der Waals surface area contributed by atoms with E-state index in [2.05, 4.69) is 16.5 Å². The van der Waals surface area contributed by atoms with Gasteiger partial charge in [-0.15, -0.1) is 0 Å². The number of benzene rings is 1. The first kappa shape index (κ1) is 30.8. The number of anilines is 2. The molecule has 1 aromatic carbocycles. The van der Waals surface area contributed by atoms with Crippen LogP contribution in [0.1, 0.15) is 23.7 Å². The van der Waals surface area contributed by atoms with Gasteiger partial charge in [0, 0.05) is 37.8 Å².